The Morgan fingerprint density at radius 2 is 1.27 bits per heavy atom. The zero-order valence-electron chi connectivity index (χ0n) is 19.7. The van der Waals surface area contributed by atoms with Crippen molar-refractivity contribution in [2.24, 2.45) is 0 Å². The van der Waals surface area contributed by atoms with Crippen molar-refractivity contribution in [3.05, 3.63) is 0 Å². The Hall–Kier alpha value is -1.13. The minimum atomic E-state index is -1.92. The highest BCUT2D eigenvalue weighted by molar-refractivity contribution is 5.73. The van der Waals surface area contributed by atoms with E-state index in [1.165, 1.54) is 0 Å². The zero-order valence-corrected chi connectivity index (χ0v) is 19.7. The Morgan fingerprint density at radius 3 is 1.84 bits per heavy atom. The number of ether oxygens (including phenoxy) is 5. The van der Waals surface area contributed by atoms with Crippen LogP contribution < -0.4 is 5.32 Å². The maximum absolute atomic E-state index is 11.6. The van der Waals surface area contributed by atoms with E-state index in [-0.39, 0.29) is 0 Å². The molecule has 3 aliphatic heterocycles. The van der Waals surface area contributed by atoms with Crippen LogP contribution in [0.5, 0.6) is 0 Å². The largest absolute Gasteiger partial charge is 0.394 e. The molecule has 0 aromatic heterocycles. The number of carbonyl (C=O) groups excluding carboxylic acids is 1. The van der Waals surface area contributed by atoms with Gasteiger partial charge in [0.1, 0.15) is 73.2 Å². The van der Waals surface area contributed by atoms with Crippen molar-refractivity contribution in [3.8, 4) is 0 Å². The molecule has 37 heavy (non-hydrogen) atoms. The summed E-state index contributed by atoms with van der Waals surface area (Å²) in [6.07, 6.45) is -23.1. The number of hydrogen-bond acceptors (Lipinski definition) is 16. The summed E-state index contributed by atoms with van der Waals surface area (Å²) in [7, 11) is 0. The number of amides is 1. The number of rotatable bonds is 8. The minimum Gasteiger partial charge on any atom is -0.394 e. The molecule has 3 fully saturated rings. The first kappa shape index (κ1) is 30.4. The number of aliphatic hydroxyl groups is 10. The SMILES string of the molecule is CC(=O)N[C@H]1[C@H](OC[C@H]2OC(O)[C@H](O)[C@@H](O)[C@@H]2O[C@@H]2O[C@H](CO)[C@H](O)[C@H](O)[C@H]2O)O[C@H](CO)[C@@H](O)[C@@H]1O. The maximum atomic E-state index is 11.6. The summed E-state index contributed by atoms with van der Waals surface area (Å²) in [5, 5.41) is 102. The van der Waals surface area contributed by atoms with Crippen molar-refractivity contribution in [1.29, 1.82) is 0 Å². The highest BCUT2D eigenvalue weighted by atomic mass is 16.7. The molecule has 3 rings (SSSR count). The van der Waals surface area contributed by atoms with Gasteiger partial charge in [-0.15, -0.1) is 0 Å². The smallest absolute Gasteiger partial charge is 0.217 e. The van der Waals surface area contributed by atoms with Crippen LogP contribution in [0.25, 0.3) is 0 Å². The molecule has 17 nitrogen and oxygen atoms in total. The van der Waals surface area contributed by atoms with Gasteiger partial charge in [-0.3, -0.25) is 4.79 Å². The number of hydrogen-bond donors (Lipinski definition) is 11. The molecule has 1 unspecified atom stereocenters. The van der Waals surface area contributed by atoms with Crippen LogP contribution in [0.1, 0.15) is 6.92 Å². The number of carbonyl (C=O) groups is 1. The van der Waals surface area contributed by atoms with Crippen molar-refractivity contribution in [1.82, 2.24) is 5.32 Å². The van der Waals surface area contributed by atoms with Crippen LogP contribution in [0.3, 0.4) is 0 Å². The molecule has 11 N–H and O–H groups in total. The van der Waals surface area contributed by atoms with E-state index in [1.807, 2.05) is 0 Å². The number of nitrogens with one attached hydrogen (secondary N) is 1. The van der Waals surface area contributed by atoms with Gasteiger partial charge < -0.3 is 80.1 Å². The van der Waals surface area contributed by atoms with Gasteiger partial charge in [0.2, 0.25) is 5.91 Å². The monoisotopic (exact) mass is 545 g/mol. The van der Waals surface area contributed by atoms with Gasteiger partial charge in [0.25, 0.3) is 0 Å². The van der Waals surface area contributed by atoms with E-state index >= 15 is 0 Å². The Morgan fingerprint density at radius 1 is 0.703 bits per heavy atom. The van der Waals surface area contributed by atoms with E-state index in [4.69, 9.17) is 23.7 Å². The summed E-state index contributed by atoms with van der Waals surface area (Å²) in [6.45, 7) is -0.939. The second kappa shape index (κ2) is 12.8. The average Bonchev–Trinajstić information content (AvgIpc) is 2.86. The van der Waals surface area contributed by atoms with Crippen molar-refractivity contribution >= 4 is 5.91 Å². The molecule has 0 saturated carbocycles. The Labute approximate surface area is 210 Å². The maximum Gasteiger partial charge on any atom is 0.217 e. The van der Waals surface area contributed by atoms with Gasteiger partial charge in [0.05, 0.1) is 19.8 Å². The van der Waals surface area contributed by atoms with Crippen molar-refractivity contribution < 1.29 is 79.5 Å². The fourth-order valence-corrected chi connectivity index (χ4v) is 4.36. The first-order chi connectivity index (χ1) is 17.4. The molecule has 3 aliphatic rings. The molecular formula is C20H35NO16. The van der Waals surface area contributed by atoms with E-state index in [2.05, 4.69) is 5.32 Å². The number of aliphatic hydroxyl groups excluding tert-OH is 10. The van der Waals surface area contributed by atoms with Crippen LogP contribution >= 0.6 is 0 Å². The highest BCUT2D eigenvalue weighted by Gasteiger charge is 2.51. The van der Waals surface area contributed by atoms with Gasteiger partial charge >= 0.3 is 0 Å². The molecule has 216 valence electrons. The molecule has 0 radical (unpaired) electrons. The third-order valence-corrected chi connectivity index (χ3v) is 6.47. The standard InChI is InChI=1S/C20H35NO16/c1-5(24)21-9-12(27)10(25)6(2-22)35-19(9)33-4-8-17(14(29)15(30)18(32)34-8)37-20-16(31)13(28)11(26)7(3-23)36-20/h6-20,22-23,25-32H,2-4H2,1H3,(H,21,24)/t6-,7-,8-,9-,10-,11+,12-,13+,14-,15-,16-,17-,18?,19-,20+/m1/s1. The second-order valence-corrected chi connectivity index (χ2v) is 9.11. The summed E-state index contributed by atoms with van der Waals surface area (Å²) in [5.74, 6) is -0.609. The quantitative estimate of drug-likeness (QED) is 0.135. The summed E-state index contributed by atoms with van der Waals surface area (Å²) in [4.78, 5) is 11.6. The Bertz CT molecular complexity index is 745. The van der Waals surface area contributed by atoms with Crippen molar-refractivity contribution in [2.45, 2.75) is 99.0 Å². The van der Waals surface area contributed by atoms with Gasteiger partial charge in [-0.05, 0) is 0 Å². The van der Waals surface area contributed by atoms with Crippen LogP contribution in [0.2, 0.25) is 0 Å². The Balaban J connectivity index is 1.77. The molecule has 0 aromatic rings. The topological polar surface area (TPSA) is 278 Å². The van der Waals surface area contributed by atoms with E-state index < -0.39 is 118 Å². The normalized spacial score (nSPS) is 49.0. The molecule has 15 atom stereocenters. The third kappa shape index (κ3) is 6.55. The van der Waals surface area contributed by atoms with Crippen LogP contribution in [0.15, 0.2) is 0 Å². The van der Waals surface area contributed by atoms with Gasteiger partial charge in [0, 0.05) is 6.92 Å². The molecule has 0 aliphatic carbocycles. The van der Waals surface area contributed by atoms with Crippen molar-refractivity contribution in [2.75, 3.05) is 19.8 Å². The van der Waals surface area contributed by atoms with Gasteiger partial charge in [-0.1, -0.05) is 0 Å². The molecule has 0 bridgehead atoms. The van der Waals surface area contributed by atoms with E-state index in [0.29, 0.717) is 0 Å². The van der Waals surface area contributed by atoms with Gasteiger partial charge in [-0.2, -0.15) is 0 Å². The lowest BCUT2D eigenvalue weighted by Gasteiger charge is -2.46. The summed E-state index contributed by atoms with van der Waals surface area (Å²) in [5.41, 5.74) is 0. The van der Waals surface area contributed by atoms with Crippen LogP contribution in [0, 0.1) is 0 Å². The lowest BCUT2D eigenvalue weighted by molar-refractivity contribution is -0.360. The summed E-state index contributed by atoms with van der Waals surface area (Å²) in [6, 6.07) is -1.32. The first-order valence-electron chi connectivity index (χ1n) is 11.6. The molecular weight excluding hydrogens is 510 g/mol. The van der Waals surface area contributed by atoms with Crippen LogP contribution in [-0.4, -0.2) is 169 Å². The average molecular weight is 545 g/mol. The van der Waals surface area contributed by atoms with E-state index in [1.54, 1.807) is 0 Å². The molecule has 0 spiro atoms. The van der Waals surface area contributed by atoms with Gasteiger partial charge in [0.15, 0.2) is 18.9 Å². The molecule has 0 aromatic carbocycles. The third-order valence-electron chi connectivity index (χ3n) is 6.47. The fourth-order valence-electron chi connectivity index (χ4n) is 4.36. The Kier molecular flexibility index (Phi) is 10.5. The van der Waals surface area contributed by atoms with Crippen LogP contribution in [0.4, 0.5) is 0 Å². The van der Waals surface area contributed by atoms with E-state index in [0.717, 1.165) is 6.92 Å². The molecule has 3 saturated heterocycles. The fraction of sp³-hybridized carbons (Fsp3) is 0.950. The summed E-state index contributed by atoms with van der Waals surface area (Å²) >= 11 is 0. The summed E-state index contributed by atoms with van der Waals surface area (Å²) < 4.78 is 27.1. The lowest BCUT2D eigenvalue weighted by Crippen LogP contribution is -2.66. The second-order valence-electron chi connectivity index (χ2n) is 9.11. The predicted molar refractivity (Wildman–Crippen MR) is 113 cm³/mol. The van der Waals surface area contributed by atoms with E-state index in [9.17, 15) is 55.9 Å². The first-order valence-corrected chi connectivity index (χ1v) is 11.6. The zero-order chi connectivity index (χ0) is 27.6. The van der Waals surface area contributed by atoms with Gasteiger partial charge in [-0.25, -0.2) is 0 Å². The van der Waals surface area contributed by atoms with Crippen LogP contribution in [-0.2, 0) is 28.5 Å². The van der Waals surface area contributed by atoms with Crippen molar-refractivity contribution in [3.63, 3.8) is 0 Å². The highest BCUT2D eigenvalue weighted by Crippen LogP contribution is 2.30. The molecule has 3 heterocycles. The predicted octanol–water partition coefficient (Wildman–Crippen LogP) is -7.43. The molecule has 1 amide bonds. The lowest BCUT2D eigenvalue weighted by atomic mass is 9.96. The molecule has 17 heteroatoms. The minimum absolute atomic E-state index is 0.607.